The highest BCUT2D eigenvalue weighted by atomic mass is 16.6. The van der Waals surface area contributed by atoms with Crippen LogP contribution in [-0.4, -0.2) is 26.6 Å². The Morgan fingerprint density at radius 3 is 2.95 bits per heavy atom. The van der Waals surface area contributed by atoms with Crippen molar-refractivity contribution in [3.8, 4) is 5.75 Å². The Kier molecular flexibility index (Phi) is 3.57. The quantitative estimate of drug-likeness (QED) is 0.573. The molecule has 3 rings (SSSR count). The summed E-state index contributed by atoms with van der Waals surface area (Å²) in [6, 6.07) is 8.33. The van der Waals surface area contributed by atoms with Crippen molar-refractivity contribution in [2.45, 2.75) is 6.54 Å². The van der Waals surface area contributed by atoms with Gasteiger partial charge in [0.05, 0.1) is 30.5 Å². The molecule has 0 unspecified atom stereocenters. The second-order valence-electron chi connectivity index (χ2n) is 4.53. The highest BCUT2D eigenvalue weighted by Gasteiger charge is 2.14. The predicted octanol–water partition coefficient (Wildman–Crippen LogP) is 2.26. The van der Waals surface area contributed by atoms with Crippen LogP contribution in [0.4, 0.5) is 11.4 Å². The molecule has 0 radical (unpaired) electrons. The van der Waals surface area contributed by atoms with Gasteiger partial charge in [0.2, 0.25) is 0 Å². The van der Waals surface area contributed by atoms with Gasteiger partial charge in [0.25, 0.3) is 0 Å². The molecular formula is C14H13N5O3. The third-order valence-electron chi connectivity index (χ3n) is 3.22. The molecule has 0 saturated carbocycles. The second kappa shape index (κ2) is 5.68. The van der Waals surface area contributed by atoms with Gasteiger partial charge in [-0.15, -0.1) is 0 Å². The van der Waals surface area contributed by atoms with Crippen molar-refractivity contribution in [1.29, 1.82) is 0 Å². The average molecular weight is 299 g/mol. The summed E-state index contributed by atoms with van der Waals surface area (Å²) in [5.74, 6) is 0.217. The summed E-state index contributed by atoms with van der Waals surface area (Å²) in [6.45, 7) is 0.502. The van der Waals surface area contributed by atoms with E-state index in [0.29, 0.717) is 6.54 Å². The first-order valence-electron chi connectivity index (χ1n) is 6.53. The van der Waals surface area contributed by atoms with Gasteiger partial charge in [-0.3, -0.25) is 10.1 Å². The number of fused-ring (bicyclic) bond motifs is 1. The van der Waals surface area contributed by atoms with Gasteiger partial charge in [0.15, 0.2) is 11.4 Å². The predicted molar refractivity (Wildman–Crippen MR) is 80.0 cm³/mol. The van der Waals surface area contributed by atoms with Crippen molar-refractivity contribution < 1.29 is 9.66 Å². The molecule has 8 nitrogen and oxygen atoms in total. The summed E-state index contributed by atoms with van der Waals surface area (Å²) in [5, 5.41) is 18.3. The molecule has 0 fully saturated rings. The van der Waals surface area contributed by atoms with Crippen LogP contribution in [-0.2, 0) is 6.54 Å². The molecule has 0 aliphatic heterocycles. The maximum Gasteiger partial charge on any atom is 0.311 e. The molecule has 3 aromatic rings. The lowest BCUT2D eigenvalue weighted by Gasteiger charge is -2.09. The van der Waals surface area contributed by atoms with E-state index in [1.165, 1.54) is 13.2 Å². The van der Waals surface area contributed by atoms with E-state index in [1.54, 1.807) is 29.0 Å². The van der Waals surface area contributed by atoms with E-state index >= 15 is 0 Å². The topological polar surface area (TPSA) is 94.6 Å². The summed E-state index contributed by atoms with van der Waals surface area (Å²) < 4.78 is 6.78. The largest absolute Gasteiger partial charge is 0.490 e. The maximum absolute atomic E-state index is 10.9. The van der Waals surface area contributed by atoms with Gasteiger partial charge in [-0.1, -0.05) is 0 Å². The standard InChI is InChI=1S/C14H13N5O3/c1-22-13-8-10(2-3-12(13)19(20)21)16-9-11-4-6-15-14-5-7-17-18(11)14/h2-8,16H,9H2,1H3. The molecular weight excluding hydrogens is 286 g/mol. The molecule has 0 aliphatic carbocycles. The highest BCUT2D eigenvalue weighted by molar-refractivity contribution is 5.58. The SMILES string of the molecule is COc1cc(NCc2ccnc3ccnn23)ccc1[N+](=O)[O-]. The molecule has 0 saturated heterocycles. The number of nitrogens with one attached hydrogen (secondary N) is 1. The Morgan fingerprint density at radius 2 is 2.18 bits per heavy atom. The van der Waals surface area contributed by atoms with Crippen molar-refractivity contribution >= 4 is 17.0 Å². The Balaban J connectivity index is 1.82. The first-order chi connectivity index (χ1) is 10.7. The number of nitro benzene ring substituents is 1. The monoisotopic (exact) mass is 299 g/mol. The lowest BCUT2D eigenvalue weighted by atomic mass is 10.2. The number of hydrogen-bond donors (Lipinski definition) is 1. The van der Waals surface area contributed by atoms with Gasteiger partial charge in [0.1, 0.15) is 0 Å². The van der Waals surface area contributed by atoms with Crippen molar-refractivity contribution in [1.82, 2.24) is 14.6 Å². The van der Waals surface area contributed by atoms with Crippen LogP contribution in [0, 0.1) is 10.1 Å². The Bertz CT molecular complexity index is 830. The average Bonchev–Trinajstić information content (AvgIpc) is 3.01. The van der Waals surface area contributed by atoms with Crippen molar-refractivity contribution in [2.24, 2.45) is 0 Å². The summed E-state index contributed by atoms with van der Waals surface area (Å²) in [4.78, 5) is 14.6. The van der Waals surface area contributed by atoms with Gasteiger partial charge < -0.3 is 10.1 Å². The summed E-state index contributed by atoms with van der Waals surface area (Å²) in [7, 11) is 1.41. The van der Waals surface area contributed by atoms with Gasteiger partial charge in [-0.05, 0) is 12.1 Å². The fraction of sp³-hybridized carbons (Fsp3) is 0.143. The van der Waals surface area contributed by atoms with Crippen molar-refractivity contribution in [2.75, 3.05) is 12.4 Å². The van der Waals surface area contributed by atoms with Crippen LogP contribution in [0.3, 0.4) is 0 Å². The number of rotatable bonds is 5. The molecule has 1 N–H and O–H groups in total. The zero-order valence-electron chi connectivity index (χ0n) is 11.8. The number of hydrogen-bond acceptors (Lipinski definition) is 6. The smallest absolute Gasteiger partial charge is 0.311 e. The van der Waals surface area contributed by atoms with Crippen LogP contribution >= 0.6 is 0 Å². The van der Waals surface area contributed by atoms with E-state index in [4.69, 9.17) is 4.74 Å². The molecule has 1 aromatic carbocycles. The molecule has 0 atom stereocenters. The van der Waals surface area contributed by atoms with Crippen LogP contribution < -0.4 is 10.1 Å². The van der Waals surface area contributed by atoms with Crippen LogP contribution in [0.1, 0.15) is 5.69 Å². The Morgan fingerprint density at radius 1 is 1.32 bits per heavy atom. The fourth-order valence-corrected chi connectivity index (χ4v) is 2.15. The first kappa shape index (κ1) is 13.8. The number of aromatic nitrogens is 3. The number of nitro groups is 1. The normalized spacial score (nSPS) is 10.6. The maximum atomic E-state index is 10.9. The summed E-state index contributed by atoms with van der Waals surface area (Å²) >= 11 is 0. The third kappa shape index (κ3) is 2.53. The number of methoxy groups -OCH3 is 1. The molecule has 112 valence electrons. The highest BCUT2D eigenvalue weighted by Crippen LogP contribution is 2.29. The van der Waals surface area contributed by atoms with E-state index in [-0.39, 0.29) is 11.4 Å². The Labute approximate surface area is 125 Å². The lowest BCUT2D eigenvalue weighted by molar-refractivity contribution is -0.385. The Hall–Kier alpha value is -3.16. The summed E-state index contributed by atoms with van der Waals surface area (Å²) in [6.07, 6.45) is 3.39. The van der Waals surface area contributed by atoms with Crippen LogP contribution in [0.25, 0.3) is 5.65 Å². The number of benzene rings is 1. The molecule has 2 aromatic heterocycles. The number of nitrogens with zero attached hydrogens (tertiary/aromatic N) is 4. The zero-order chi connectivity index (χ0) is 15.5. The van der Waals surface area contributed by atoms with Crippen LogP contribution in [0.5, 0.6) is 5.75 Å². The van der Waals surface area contributed by atoms with Gasteiger partial charge in [-0.25, -0.2) is 9.50 Å². The lowest BCUT2D eigenvalue weighted by Crippen LogP contribution is -2.06. The molecule has 0 spiro atoms. The van der Waals surface area contributed by atoms with Crippen molar-refractivity contribution in [3.05, 3.63) is 58.5 Å². The molecule has 0 aliphatic rings. The van der Waals surface area contributed by atoms with E-state index in [9.17, 15) is 10.1 Å². The minimum atomic E-state index is -0.473. The van der Waals surface area contributed by atoms with E-state index in [1.807, 2.05) is 12.1 Å². The number of ether oxygens (including phenoxy) is 1. The van der Waals surface area contributed by atoms with E-state index in [0.717, 1.165) is 17.0 Å². The van der Waals surface area contributed by atoms with E-state index in [2.05, 4.69) is 15.4 Å². The summed E-state index contributed by atoms with van der Waals surface area (Å²) in [5.41, 5.74) is 2.35. The van der Waals surface area contributed by atoms with Crippen molar-refractivity contribution in [3.63, 3.8) is 0 Å². The minimum Gasteiger partial charge on any atom is -0.490 e. The first-order valence-corrected chi connectivity index (χ1v) is 6.53. The molecule has 22 heavy (non-hydrogen) atoms. The van der Waals surface area contributed by atoms with Gasteiger partial charge in [0, 0.05) is 30.1 Å². The molecule has 0 amide bonds. The number of anilines is 1. The second-order valence-corrected chi connectivity index (χ2v) is 4.53. The van der Waals surface area contributed by atoms with Gasteiger partial charge in [-0.2, -0.15) is 5.10 Å². The zero-order valence-corrected chi connectivity index (χ0v) is 11.8. The third-order valence-corrected chi connectivity index (χ3v) is 3.22. The van der Waals surface area contributed by atoms with Crippen LogP contribution in [0.15, 0.2) is 42.7 Å². The molecule has 8 heteroatoms. The van der Waals surface area contributed by atoms with Crippen LogP contribution in [0.2, 0.25) is 0 Å². The molecule has 2 heterocycles. The molecule has 0 bridgehead atoms. The fourth-order valence-electron chi connectivity index (χ4n) is 2.15. The minimum absolute atomic E-state index is 0.0635. The van der Waals surface area contributed by atoms with E-state index < -0.39 is 4.92 Å². The van der Waals surface area contributed by atoms with Gasteiger partial charge >= 0.3 is 5.69 Å².